The Hall–Kier alpha value is -3.89. The molecular weight excluding hydrogens is 427 g/mol. The van der Waals surface area contributed by atoms with Crippen molar-refractivity contribution in [3.63, 3.8) is 0 Å². The molecule has 0 N–H and O–H groups in total. The molecule has 1 heterocycles. The van der Waals surface area contributed by atoms with Crippen molar-refractivity contribution >= 4 is 29.0 Å². The zero-order valence-electron chi connectivity index (χ0n) is 16.8. The third kappa shape index (κ3) is 4.71. The zero-order valence-corrected chi connectivity index (χ0v) is 17.6. The molecule has 0 radical (unpaired) electrons. The summed E-state index contributed by atoms with van der Waals surface area (Å²) in [6, 6.07) is 22.1. The predicted molar refractivity (Wildman–Crippen MR) is 120 cm³/mol. The van der Waals surface area contributed by atoms with E-state index in [-0.39, 0.29) is 23.9 Å². The highest BCUT2D eigenvalue weighted by molar-refractivity contribution is 8.18. The third-order valence-corrected chi connectivity index (χ3v) is 5.76. The van der Waals surface area contributed by atoms with E-state index in [1.54, 1.807) is 54.6 Å². The average molecular weight is 444 g/mol. The van der Waals surface area contributed by atoms with Crippen LogP contribution in [0.3, 0.4) is 0 Å². The van der Waals surface area contributed by atoms with Crippen LogP contribution in [0.15, 0.2) is 77.7 Å². The van der Waals surface area contributed by atoms with E-state index < -0.39 is 11.1 Å². The molecule has 0 aromatic heterocycles. The second-order valence-electron chi connectivity index (χ2n) is 6.99. The molecule has 0 unspecified atom stereocenters. The van der Waals surface area contributed by atoms with E-state index in [0.29, 0.717) is 22.4 Å². The molecule has 1 aliphatic rings. The van der Waals surface area contributed by atoms with Gasteiger partial charge in [0.15, 0.2) is 0 Å². The molecule has 1 saturated heterocycles. The van der Waals surface area contributed by atoms with Crippen LogP contribution in [-0.4, -0.2) is 16.0 Å². The molecular formula is C25H17FN2O3S. The molecule has 1 fully saturated rings. The highest BCUT2D eigenvalue weighted by Gasteiger charge is 2.35. The molecule has 1 aliphatic heterocycles. The Labute approximate surface area is 188 Å². The fourth-order valence-electron chi connectivity index (χ4n) is 3.19. The Balaban J connectivity index is 1.53. The number of thioether (sulfide) groups is 1. The maximum absolute atomic E-state index is 13.1. The summed E-state index contributed by atoms with van der Waals surface area (Å²) in [5.74, 6) is -0.193. The van der Waals surface area contributed by atoms with Crippen molar-refractivity contribution in [1.82, 2.24) is 4.90 Å². The SMILES string of the molecule is N#Cc1ccccc1CN1C(=O)S/C(=C\c2ccccc2OCc2ccc(F)cc2)C1=O. The Bertz CT molecular complexity index is 1250. The van der Waals surface area contributed by atoms with E-state index in [2.05, 4.69) is 6.07 Å². The first-order valence-corrected chi connectivity index (χ1v) is 10.6. The van der Waals surface area contributed by atoms with Crippen LogP contribution in [0.25, 0.3) is 6.08 Å². The maximum atomic E-state index is 13.1. The van der Waals surface area contributed by atoms with Crippen molar-refractivity contribution in [2.24, 2.45) is 0 Å². The minimum absolute atomic E-state index is 0.0362. The molecule has 7 heteroatoms. The van der Waals surface area contributed by atoms with Crippen molar-refractivity contribution in [2.75, 3.05) is 0 Å². The largest absolute Gasteiger partial charge is 0.488 e. The van der Waals surface area contributed by atoms with Gasteiger partial charge in [0.25, 0.3) is 11.1 Å². The number of hydrogen-bond acceptors (Lipinski definition) is 5. The van der Waals surface area contributed by atoms with E-state index in [4.69, 9.17) is 4.74 Å². The van der Waals surface area contributed by atoms with Crippen LogP contribution in [-0.2, 0) is 17.9 Å². The number of nitriles is 1. The third-order valence-electron chi connectivity index (χ3n) is 4.85. The van der Waals surface area contributed by atoms with E-state index in [9.17, 15) is 19.2 Å². The lowest BCUT2D eigenvalue weighted by Gasteiger charge is -2.13. The van der Waals surface area contributed by atoms with Gasteiger partial charge >= 0.3 is 0 Å². The summed E-state index contributed by atoms with van der Waals surface area (Å²) >= 11 is 0.853. The quantitative estimate of drug-likeness (QED) is 0.469. The highest BCUT2D eigenvalue weighted by atomic mass is 32.2. The van der Waals surface area contributed by atoms with Gasteiger partial charge < -0.3 is 4.74 Å². The first-order chi connectivity index (χ1) is 15.5. The minimum atomic E-state index is -0.416. The summed E-state index contributed by atoms with van der Waals surface area (Å²) in [6.07, 6.45) is 1.63. The topological polar surface area (TPSA) is 70.4 Å². The number of ether oxygens (including phenoxy) is 1. The van der Waals surface area contributed by atoms with Gasteiger partial charge in [0.1, 0.15) is 18.2 Å². The number of hydrogen-bond donors (Lipinski definition) is 0. The molecule has 5 nitrogen and oxygen atoms in total. The standard InChI is InChI=1S/C25H17FN2O3S/c26-21-11-9-17(10-12-21)16-31-22-8-4-3-5-18(22)13-23-24(29)28(25(30)32-23)15-20-7-2-1-6-19(20)14-27/h1-13H,15-16H2/b23-13-. The van der Waals surface area contributed by atoms with Crippen LogP contribution in [0, 0.1) is 17.1 Å². The maximum Gasteiger partial charge on any atom is 0.293 e. The number of nitrogens with zero attached hydrogens (tertiary/aromatic N) is 2. The number of para-hydroxylation sites is 1. The number of amides is 2. The molecule has 0 spiro atoms. The predicted octanol–water partition coefficient (Wildman–Crippen LogP) is 5.51. The minimum Gasteiger partial charge on any atom is -0.488 e. The van der Waals surface area contributed by atoms with Crippen molar-refractivity contribution in [3.8, 4) is 11.8 Å². The van der Waals surface area contributed by atoms with Crippen molar-refractivity contribution in [1.29, 1.82) is 5.26 Å². The fraction of sp³-hybridized carbons (Fsp3) is 0.0800. The lowest BCUT2D eigenvalue weighted by molar-refractivity contribution is -0.123. The molecule has 3 aromatic rings. The Morgan fingerprint density at radius 3 is 2.50 bits per heavy atom. The van der Waals surface area contributed by atoms with Crippen molar-refractivity contribution in [3.05, 3.63) is 106 Å². The monoisotopic (exact) mass is 444 g/mol. The molecule has 0 bridgehead atoms. The lowest BCUT2D eigenvalue weighted by atomic mass is 10.1. The van der Waals surface area contributed by atoms with Crippen LogP contribution in [0.4, 0.5) is 9.18 Å². The van der Waals surface area contributed by atoms with Gasteiger partial charge in [-0.3, -0.25) is 14.5 Å². The van der Waals surface area contributed by atoms with Gasteiger partial charge in [-0.2, -0.15) is 5.26 Å². The van der Waals surface area contributed by atoms with Gasteiger partial charge in [-0.1, -0.05) is 48.5 Å². The fourth-order valence-corrected chi connectivity index (χ4v) is 4.02. The molecule has 2 amide bonds. The summed E-state index contributed by atoms with van der Waals surface area (Å²) in [7, 11) is 0. The van der Waals surface area contributed by atoms with E-state index in [1.807, 2.05) is 12.1 Å². The number of halogens is 1. The average Bonchev–Trinajstić information content (AvgIpc) is 3.07. The molecule has 158 valence electrons. The Morgan fingerprint density at radius 2 is 1.72 bits per heavy atom. The van der Waals surface area contributed by atoms with Gasteiger partial charge in [0.05, 0.1) is 23.1 Å². The summed E-state index contributed by atoms with van der Waals surface area (Å²) in [5, 5.41) is 8.87. The first kappa shape index (κ1) is 21.3. The van der Waals surface area contributed by atoms with E-state index in [0.717, 1.165) is 22.2 Å². The highest BCUT2D eigenvalue weighted by Crippen LogP contribution is 2.35. The van der Waals surface area contributed by atoms with Gasteiger partial charge in [0, 0.05) is 5.56 Å². The van der Waals surface area contributed by atoms with Crippen LogP contribution in [0.5, 0.6) is 5.75 Å². The van der Waals surface area contributed by atoms with Gasteiger partial charge in [0.2, 0.25) is 0 Å². The lowest BCUT2D eigenvalue weighted by Crippen LogP contribution is -2.27. The molecule has 4 rings (SSSR count). The van der Waals surface area contributed by atoms with Crippen molar-refractivity contribution in [2.45, 2.75) is 13.2 Å². The van der Waals surface area contributed by atoms with E-state index >= 15 is 0 Å². The van der Waals surface area contributed by atoms with Gasteiger partial charge in [-0.15, -0.1) is 0 Å². The summed E-state index contributed by atoms with van der Waals surface area (Å²) < 4.78 is 19.0. The van der Waals surface area contributed by atoms with Crippen molar-refractivity contribution < 1.29 is 18.7 Å². The van der Waals surface area contributed by atoms with E-state index in [1.165, 1.54) is 12.1 Å². The molecule has 0 saturated carbocycles. The first-order valence-electron chi connectivity index (χ1n) is 9.75. The molecule has 0 aliphatic carbocycles. The summed E-state index contributed by atoms with van der Waals surface area (Å²) in [4.78, 5) is 26.8. The zero-order chi connectivity index (χ0) is 22.5. The van der Waals surface area contributed by atoms with Crippen LogP contribution < -0.4 is 4.74 Å². The van der Waals surface area contributed by atoms with Gasteiger partial charge in [-0.25, -0.2) is 4.39 Å². The van der Waals surface area contributed by atoms with Crippen LogP contribution >= 0.6 is 11.8 Å². The smallest absolute Gasteiger partial charge is 0.293 e. The molecule has 3 aromatic carbocycles. The van der Waals surface area contributed by atoms with Gasteiger partial charge in [-0.05, 0) is 53.2 Å². The Morgan fingerprint density at radius 1 is 1.00 bits per heavy atom. The van der Waals surface area contributed by atoms with Crippen LogP contribution in [0.2, 0.25) is 0 Å². The van der Waals surface area contributed by atoms with Crippen LogP contribution in [0.1, 0.15) is 22.3 Å². The summed E-state index contributed by atoms with van der Waals surface area (Å²) in [6.45, 7) is 0.270. The number of imide groups is 1. The Kier molecular flexibility index (Phi) is 6.34. The second kappa shape index (κ2) is 9.50. The number of carbonyl (C=O) groups excluding carboxylic acids is 2. The molecule has 0 atom stereocenters. The normalized spacial score (nSPS) is 14.6. The summed E-state index contributed by atoms with van der Waals surface area (Å²) in [5.41, 5.74) is 2.49. The molecule has 32 heavy (non-hydrogen) atoms. The number of carbonyl (C=O) groups is 2. The number of rotatable bonds is 6. The second-order valence-corrected chi connectivity index (χ2v) is 7.98. The number of benzene rings is 3.